The van der Waals surface area contributed by atoms with Gasteiger partial charge in [0.2, 0.25) is 18.3 Å². The van der Waals surface area contributed by atoms with Gasteiger partial charge in [0.05, 0.1) is 30.9 Å². The number of hydrogen-bond acceptors (Lipinski definition) is 22. The second kappa shape index (κ2) is 19.4. The molecule has 14 N–H and O–H groups in total. The Morgan fingerprint density at radius 1 is 0.646 bits per heavy atom. The van der Waals surface area contributed by atoms with Crippen molar-refractivity contribution in [2.24, 2.45) is 0 Å². The minimum Gasteiger partial charge on any atom is -0.507 e. The predicted molar refractivity (Wildman–Crippen MR) is 214 cm³/mol. The monoisotopic (exact) mass is 919 g/mol. The van der Waals surface area contributed by atoms with E-state index in [1.165, 1.54) is 43.3 Å². The van der Waals surface area contributed by atoms with Crippen LogP contribution in [0.2, 0.25) is 0 Å². The third-order valence-electron chi connectivity index (χ3n) is 10.9. The lowest BCUT2D eigenvalue weighted by Gasteiger charge is -2.42. The molecule has 0 saturated carbocycles. The van der Waals surface area contributed by atoms with Crippen LogP contribution >= 0.6 is 0 Å². The molecular formula is C42H47O23+. The van der Waals surface area contributed by atoms with Crippen LogP contribution < -0.4 is 9.47 Å². The highest BCUT2D eigenvalue weighted by molar-refractivity contribution is 5.89. The van der Waals surface area contributed by atoms with Crippen molar-refractivity contribution in [3.63, 3.8) is 0 Å². The third-order valence-corrected chi connectivity index (χ3v) is 10.9. The van der Waals surface area contributed by atoms with Gasteiger partial charge in [0.25, 0.3) is 0 Å². The van der Waals surface area contributed by atoms with Gasteiger partial charge < -0.3 is 105 Å². The van der Waals surface area contributed by atoms with Gasteiger partial charge in [-0.25, -0.2) is 9.21 Å². The van der Waals surface area contributed by atoms with Gasteiger partial charge in [-0.2, -0.15) is 0 Å². The second-order valence-corrected chi connectivity index (χ2v) is 15.5. The Morgan fingerprint density at radius 2 is 1.25 bits per heavy atom. The van der Waals surface area contributed by atoms with Crippen LogP contribution in [0.3, 0.4) is 0 Å². The van der Waals surface area contributed by atoms with Crippen LogP contribution in [0.4, 0.5) is 0 Å². The lowest BCUT2D eigenvalue weighted by molar-refractivity contribution is -0.319. The SMILES string of the molecule is CC1O[C@@H](OCC2O[C@@H](Oc3cc4c(O[C@@H]5OC(CO)[C@@H](O)[C@H](O)C5O)cc(O)cc4[o+]c3-c3ccc(O)c(O)c3)C(O)C(O)[C@@H]2O)C(O)[C@@H](O)[C@H]1OC(=O)/C=C/c1ccc(O)c(O)c1. The quantitative estimate of drug-likeness (QED) is 0.0329. The number of phenols is 5. The summed E-state index contributed by atoms with van der Waals surface area (Å²) >= 11 is 0. The maximum Gasteiger partial charge on any atom is 0.402 e. The highest BCUT2D eigenvalue weighted by Gasteiger charge is 2.49. The van der Waals surface area contributed by atoms with Gasteiger partial charge >= 0.3 is 17.3 Å². The number of esters is 1. The molecule has 3 aliphatic heterocycles. The molecule has 15 atom stereocenters. The molecule has 7 unspecified atom stereocenters. The number of phenolic OH excluding ortho intramolecular Hbond substituents is 5. The third kappa shape index (κ3) is 9.97. The molecule has 4 aromatic rings. The topological polar surface area (TPSA) is 376 Å². The Hall–Kier alpha value is -5.64. The summed E-state index contributed by atoms with van der Waals surface area (Å²) in [5.74, 6) is -4.18. The Balaban J connectivity index is 1.10. The number of fused-ring (bicyclic) bond motifs is 1. The molecule has 65 heavy (non-hydrogen) atoms. The molecule has 23 heteroatoms. The average Bonchev–Trinajstić information content (AvgIpc) is 3.27. The smallest absolute Gasteiger partial charge is 0.402 e. The van der Waals surface area contributed by atoms with E-state index in [1.54, 1.807) is 0 Å². The fourth-order valence-electron chi connectivity index (χ4n) is 7.27. The highest BCUT2D eigenvalue weighted by atomic mass is 16.7. The largest absolute Gasteiger partial charge is 0.507 e. The molecule has 0 bridgehead atoms. The van der Waals surface area contributed by atoms with E-state index >= 15 is 0 Å². The lowest BCUT2D eigenvalue weighted by atomic mass is 9.98. The van der Waals surface area contributed by atoms with E-state index in [0.29, 0.717) is 5.56 Å². The Morgan fingerprint density at radius 3 is 1.89 bits per heavy atom. The van der Waals surface area contributed by atoms with Crippen molar-refractivity contribution in [3.8, 4) is 51.6 Å². The predicted octanol–water partition coefficient (Wildman–Crippen LogP) is -1.62. The molecule has 352 valence electrons. The van der Waals surface area contributed by atoms with Gasteiger partial charge in [-0.15, -0.1) is 0 Å². The summed E-state index contributed by atoms with van der Waals surface area (Å²) in [5, 5.41) is 146. The number of aliphatic hydroxyl groups excluding tert-OH is 9. The Kier molecular flexibility index (Phi) is 14.2. The van der Waals surface area contributed by atoms with E-state index in [1.807, 2.05) is 0 Å². The number of carbonyl (C=O) groups is 1. The van der Waals surface area contributed by atoms with Crippen molar-refractivity contribution in [3.05, 3.63) is 66.2 Å². The van der Waals surface area contributed by atoms with Crippen molar-refractivity contribution >= 4 is 23.0 Å². The van der Waals surface area contributed by atoms with Crippen molar-refractivity contribution in [2.75, 3.05) is 13.2 Å². The molecule has 0 amide bonds. The van der Waals surface area contributed by atoms with Crippen LogP contribution in [-0.4, -0.2) is 183 Å². The summed E-state index contributed by atoms with van der Waals surface area (Å²) in [6.45, 7) is -0.0551. The number of carbonyl (C=O) groups excluding carboxylic acids is 1. The van der Waals surface area contributed by atoms with Crippen LogP contribution in [0, 0.1) is 0 Å². The zero-order valence-electron chi connectivity index (χ0n) is 33.9. The van der Waals surface area contributed by atoms with E-state index in [9.17, 15) is 76.3 Å². The van der Waals surface area contributed by atoms with Crippen LogP contribution in [0.15, 0.2) is 65.1 Å². The Bertz CT molecular complexity index is 2360. The first-order valence-electron chi connectivity index (χ1n) is 19.9. The number of benzene rings is 3. The zero-order valence-corrected chi connectivity index (χ0v) is 33.9. The van der Waals surface area contributed by atoms with Crippen molar-refractivity contribution < 1.29 is 114 Å². The molecular weight excluding hydrogens is 872 g/mol. The first-order valence-corrected chi connectivity index (χ1v) is 19.9. The van der Waals surface area contributed by atoms with E-state index in [0.717, 1.165) is 30.3 Å². The number of aliphatic hydroxyl groups is 9. The van der Waals surface area contributed by atoms with E-state index in [4.69, 9.17) is 37.6 Å². The van der Waals surface area contributed by atoms with Gasteiger partial charge in [-0.05, 0) is 42.8 Å². The minimum absolute atomic E-state index is 0.0384. The van der Waals surface area contributed by atoms with Crippen LogP contribution in [-0.2, 0) is 28.5 Å². The standard InChI is InChI=1S/C42H46O23/c1-15-38(65-29(49)7-3-16-2-5-20(45)22(47)8-16)34(54)37(57)40(59-15)58-14-28-31(51)33(53)36(56)42(64-28)62-26-12-19-24(60-39(26)17-4-6-21(46)23(48)9-17)10-18(44)11-25(19)61-41-35(55)32(52)30(50)27(13-43)63-41/h2-12,15,27-28,30-38,40-43,50-57H,13-14H2,1H3,(H4-,44,45,46,47,48,49)/p+1/t15?,27?,28?,30-,31-,32+,33?,34-,35?,36?,37?,38+,40-,41-,42-/m1/s1. The highest BCUT2D eigenvalue weighted by Crippen LogP contribution is 2.43. The first-order chi connectivity index (χ1) is 30.8. The Labute approximate surface area is 366 Å². The number of rotatable bonds is 12. The molecule has 0 aliphatic carbocycles. The van der Waals surface area contributed by atoms with E-state index in [-0.39, 0.29) is 39.5 Å². The van der Waals surface area contributed by atoms with Crippen molar-refractivity contribution in [1.82, 2.24) is 0 Å². The molecule has 3 saturated heterocycles. The second-order valence-electron chi connectivity index (χ2n) is 15.5. The van der Waals surface area contributed by atoms with Gasteiger partial charge in [0, 0.05) is 24.3 Å². The van der Waals surface area contributed by atoms with Gasteiger partial charge in [0.1, 0.15) is 77.9 Å². The molecule has 3 aromatic carbocycles. The summed E-state index contributed by atoms with van der Waals surface area (Å²) in [4.78, 5) is 12.6. The van der Waals surface area contributed by atoms with E-state index in [2.05, 4.69) is 0 Å². The molecule has 7 rings (SSSR count). The molecule has 0 spiro atoms. The van der Waals surface area contributed by atoms with Gasteiger partial charge in [-0.3, -0.25) is 0 Å². The average molecular weight is 920 g/mol. The van der Waals surface area contributed by atoms with Crippen molar-refractivity contribution in [1.29, 1.82) is 0 Å². The fraction of sp³-hybridized carbons (Fsp3) is 0.429. The maximum absolute atomic E-state index is 12.6. The molecule has 1 aromatic heterocycles. The molecule has 4 heterocycles. The summed E-state index contributed by atoms with van der Waals surface area (Å²) in [6.07, 6.45) is -23.3. The lowest BCUT2D eigenvalue weighted by Crippen LogP contribution is -2.62. The minimum atomic E-state index is -2.00. The number of ether oxygens (including phenoxy) is 7. The maximum atomic E-state index is 12.6. The summed E-state index contributed by atoms with van der Waals surface area (Å²) in [5.41, 5.74) is 0.228. The van der Waals surface area contributed by atoms with Crippen LogP contribution in [0.25, 0.3) is 28.4 Å². The molecule has 0 radical (unpaired) electrons. The summed E-state index contributed by atoms with van der Waals surface area (Å²) in [6, 6.07) is 10.7. The zero-order chi connectivity index (χ0) is 47.0. The van der Waals surface area contributed by atoms with E-state index < -0.39 is 134 Å². The van der Waals surface area contributed by atoms with Crippen molar-refractivity contribution in [2.45, 2.75) is 99.0 Å². The summed E-state index contributed by atoms with van der Waals surface area (Å²) in [7, 11) is 0. The number of hydrogen-bond donors (Lipinski definition) is 14. The van der Waals surface area contributed by atoms with Crippen LogP contribution in [0.1, 0.15) is 12.5 Å². The normalized spacial score (nSPS) is 32.9. The molecule has 23 nitrogen and oxygen atoms in total. The first kappa shape index (κ1) is 47.3. The molecule has 3 aliphatic rings. The van der Waals surface area contributed by atoms with Gasteiger partial charge in [0.15, 0.2) is 35.4 Å². The summed E-state index contributed by atoms with van der Waals surface area (Å²) < 4.78 is 45.9. The number of aromatic hydroxyl groups is 5. The van der Waals surface area contributed by atoms with Crippen LogP contribution in [0.5, 0.6) is 40.2 Å². The van der Waals surface area contributed by atoms with Gasteiger partial charge in [-0.1, -0.05) is 6.07 Å². The molecule has 3 fully saturated rings. The fourth-order valence-corrected chi connectivity index (χ4v) is 7.27.